The first kappa shape index (κ1) is 26.4. The van der Waals surface area contributed by atoms with Crippen molar-refractivity contribution in [3.63, 3.8) is 0 Å². The van der Waals surface area contributed by atoms with E-state index in [0.29, 0.717) is 0 Å². The maximum absolute atomic E-state index is 12.6. The highest BCUT2D eigenvalue weighted by atomic mass is 16.5. The summed E-state index contributed by atoms with van der Waals surface area (Å²) in [6, 6.07) is 26.6. The van der Waals surface area contributed by atoms with Crippen LogP contribution in [0.5, 0.6) is 5.75 Å². The van der Waals surface area contributed by atoms with Crippen LogP contribution in [0.15, 0.2) is 78.9 Å². The molecule has 0 spiro atoms. The average molecular weight is 491 g/mol. The van der Waals surface area contributed by atoms with E-state index < -0.39 is 11.9 Å². The van der Waals surface area contributed by atoms with Crippen LogP contribution in [-0.4, -0.2) is 70.6 Å². The van der Waals surface area contributed by atoms with E-state index in [1.54, 1.807) is 0 Å². The van der Waals surface area contributed by atoms with Crippen LogP contribution in [0.1, 0.15) is 11.1 Å². The molecule has 1 amide bonds. The Morgan fingerprint density at radius 1 is 0.750 bits per heavy atom. The number of carboxylic acids is 2. The van der Waals surface area contributed by atoms with E-state index in [4.69, 9.17) is 24.5 Å². The first-order valence-electron chi connectivity index (χ1n) is 11.6. The molecule has 1 aliphatic heterocycles. The maximum Gasteiger partial charge on any atom is 0.414 e. The molecule has 1 aliphatic rings. The number of aryl methyl sites for hydroxylation is 1. The monoisotopic (exact) mass is 490 g/mol. The lowest BCUT2D eigenvalue weighted by Gasteiger charge is -2.35. The largest absolute Gasteiger partial charge is 0.484 e. The molecule has 1 saturated heterocycles. The molecule has 0 saturated carbocycles. The number of amides is 1. The van der Waals surface area contributed by atoms with Crippen molar-refractivity contribution in [2.75, 3.05) is 32.8 Å². The van der Waals surface area contributed by atoms with Crippen molar-refractivity contribution in [3.8, 4) is 16.9 Å². The standard InChI is InChI=1S/C26H28N2O2.C2H2O4/c1-21-7-5-6-10-24(21)19-27-15-17-28(18-16-27)26(29)20-30-25-13-11-23(12-14-25)22-8-3-2-4-9-22;3-1(4)2(5)6/h2-14H,15-20H2,1H3;(H,3,4)(H,5,6). The van der Waals surface area contributed by atoms with Crippen molar-refractivity contribution in [2.24, 2.45) is 0 Å². The predicted octanol–water partition coefficient (Wildman–Crippen LogP) is 3.54. The van der Waals surface area contributed by atoms with Crippen molar-refractivity contribution in [2.45, 2.75) is 13.5 Å². The number of carbonyl (C=O) groups excluding carboxylic acids is 1. The molecule has 3 aromatic carbocycles. The molecule has 36 heavy (non-hydrogen) atoms. The van der Waals surface area contributed by atoms with Crippen molar-refractivity contribution in [1.82, 2.24) is 9.80 Å². The maximum atomic E-state index is 12.6. The Kier molecular flexibility index (Phi) is 9.59. The number of carboxylic acid groups (broad SMARTS) is 2. The summed E-state index contributed by atoms with van der Waals surface area (Å²) in [6.45, 7) is 6.47. The molecule has 0 aromatic heterocycles. The van der Waals surface area contributed by atoms with E-state index in [0.717, 1.165) is 44.0 Å². The number of ether oxygens (including phenoxy) is 1. The van der Waals surface area contributed by atoms with Crippen molar-refractivity contribution >= 4 is 17.8 Å². The minimum atomic E-state index is -1.82. The molecule has 8 heteroatoms. The Bertz CT molecular complexity index is 1140. The lowest BCUT2D eigenvalue weighted by Crippen LogP contribution is -2.49. The second-order valence-electron chi connectivity index (χ2n) is 8.37. The normalized spacial score (nSPS) is 13.3. The number of piperazine rings is 1. The summed E-state index contributed by atoms with van der Waals surface area (Å²) >= 11 is 0. The number of benzene rings is 3. The van der Waals surface area contributed by atoms with E-state index in [1.165, 1.54) is 16.7 Å². The predicted molar refractivity (Wildman–Crippen MR) is 136 cm³/mol. The van der Waals surface area contributed by atoms with Gasteiger partial charge >= 0.3 is 11.9 Å². The lowest BCUT2D eigenvalue weighted by atomic mass is 10.1. The summed E-state index contributed by atoms with van der Waals surface area (Å²) in [7, 11) is 0. The van der Waals surface area contributed by atoms with Gasteiger partial charge in [0.1, 0.15) is 5.75 Å². The van der Waals surface area contributed by atoms with Gasteiger partial charge in [-0.25, -0.2) is 9.59 Å². The molecular weight excluding hydrogens is 460 g/mol. The summed E-state index contributed by atoms with van der Waals surface area (Å²) in [4.78, 5) is 35.1. The van der Waals surface area contributed by atoms with E-state index in [9.17, 15) is 4.79 Å². The highest BCUT2D eigenvalue weighted by Crippen LogP contribution is 2.22. The fourth-order valence-corrected chi connectivity index (χ4v) is 3.79. The second-order valence-corrected chi connectivity index (χ2v) is 8.37. The van der Waals surface area contributed by atoms with E-state index in [2.05, 4.69) is 48.2 Å². The lowest BCUT2D eigenvalue weighted by molar-refractivity contribution is -0.159. The first-order valence-corrected chi connectivity index (χ1v) is 11.6. The number of nitrogens with zero attached hydrogens (tertiary/aromatic N) is 2. The number of aliphatic carboxylic acids is 2. The SMILES string of the molecule is Cc1ccccc1CN1CCN(C(=O)COc2ccc(-c3ccccc3)cc2)CC1.O=C(O)C(=O)O. The summed E-state index contributed by atoms with van der Waals surface area (Å²) in [5, 5.41) is 14.8. The number of hydrogen-bond acceptors (Lipinski definition) is 5. The molecule has 0 unspecified atom stereocenters. The third kappa shape index (κ3) is 7.95. The van der Waals surface area contributed by atoms with Gasteiger partial charge in [0.05, 0.1) is 0 Å². The molecule has 1 heterocycles. The Morgan fingerprint density at radius 3 is 1.89 bits per heavy atom. The second kappa shape index (κ2) is 13.1. The summed E-state index contributed by atoms with van der Waals surface area (Å²) in [6.07, 6.45) is 0. The van der Waals surface area contributed by atoms with Gasteiger partial charge in [-0.3, -0.25) is 9.69 Å². The van der Waals surface area contributed by atoms with Crippen LogP contribution in [0.4, 0.5) is 0 Å². The van der Waals surface area contributed by atoms with Crippen molar-refractivity contribution in [1.29, 1.82) is 0 Å². The Morgan fingerprint density at radius 2 is 1.31 bits per heavy atom. The van der Waals surface area contributed by atoms with Gasteiger partial charge < -0.3 is 19.8 Å². The van der Waals surface area contributed by atoms with Gasteiger partial charge in [0.25, 0.3) is 5.91 Å². The molecule has 188 valence electrons. The highest BCUT2D eigenvalue weighted by molar-refractivity contribution is 6.27. The van der Waals surface area contributed by atoms with Gasteiger partial charge in [0.15, 0.2) is 6.61 Å². The molecule has 0 atom stereocenters. The summed E-state index contributed by atoms with van der Waals surface area (Å²) in [5.41, 5.74) is 4.99. The molecule has 0 aliphatic carbocycles. The number of hydrogen-bond donors (Lipinski definition) is 2. The molecular formula is C28H30N2O6. The Hall–Kier alpha value is -4.17. The zero-order chi connectivity index (χ0) is 25.9. The van der Waals surface area contributed by atoms with Crippen LogP contribution in [0, 0.1) is 6.92 Å². The Balaban J connectivity index is 0.000000538. The van der Waals surface area contributed by atoms with Gasteiger partial charge in [-0.1, -0.05) is 66.7 Å². The number of carbonyl (C=O) groups is 3. The molecule has 1 fully saturated rings. The van der Waals surface area contributed by atoms with Crippen molar-refractivity contribution < 1.29 is 29.3 Å². The average Bonchev–Trinajstić information content (AvgIpc) is 2.90. The zero-order valence-electron chi connectivity index (χ0n) is 20.2. The van der Waals surface area contributed by atoms with Crippen LogP contribution in [0.3, 0.4) is 0 Å². The third-order valence-electron chi connectivity index (χ3n) is 5.89. The minimum Gasteiger partial charge on any atom is -0.484 e. The van der Waals surface area contributed by atoms with E-state index in [-0.39, 0.29) is 12.5 Å². The first-order chi connectivity index (χ1) is 17.3. The third-order valence-corrected chi connectivity index (χ3v) is 5.89. The van der Waals surface area contributed by atoms with Gasteiger partial charge in [0, 0.05) is 32.7 Å². The topological polar surface area (TPSA) is 107 Å². The van der Waals surface area contributed by atoms with Gasteiger partial charge in [0.2, 0.25) is 0 Å². The molecule has 2 N–H and O–H groups in total. The van der Waals surface area contributed by atoms with Gasteiger partial charge in [-0.15, -0.1) is 0 Å². The van der Waals surface area contributed by atoms with Crippen LogP contribution in [-0.2, 0) is 20.9 Å². The molecule has 4 rings (SSSR count). The smallest absolute Gasteiger partial charge is 0.414 e. The summed E-state index contributed by atoms with van der Waals surface area (Å²) in [5.74, 6) is -2.87. The molecule has 8 nitrogen and oxygen atoms in total. The molecule has 3 aromatic rings. The van der Waals surface area contributed by atoms with E-state index >= 15 is 0 Å². The zero-order valence-corrected chi connectivity index (χ0v) is 20.2. The quantitative estimate of drug-likeness (QED) is 0.509. The fourth-order valence-electron chi connectivity index (χ4n) is 3.79. The highest BCUT2D eigenvalue weighted by Gasteiger charge is 2.21. The molecule has 0 radical (unpaired) electrons. The van der Waals surface area contributed by atoms with Crippen LogP contribution < -0.4 is 4.74 Å². The van der Waals surface area contributed by atoms with Crippen molar-refractivity contribution in [3.05, 3.63) is 90.0 Å². The number of rotatable bonds is 6. The van der Waals surface area contributed by atoms with Gasteiger partial charge in [-0.2, -0.15) is 0 Å². The Labute approximate surface area is 210 Å². The molecule has 0 bridgehead atoms. The fraction of sp³-hybridized carbons (Fsp3) is 0.250. The van der Waals surface area contributed by atoms with Gasteiger partial charge in [-0.05, 0) is 41.3 Å². The van der Waals surface area contributed by atoms with Crippen LogP contribution in [0.2, 0.25) is 0 Å². The van der Waals surface area contributed by atoms with E-state index in [1.807, 2.05) is 47.4 Å². The van der Waals surface area contributed by atoms with Crippen LogP contribution >= 0.6 is 0 Å². The van der Waals surface area contributed by atoms with Crippen LogP contribution in [0.25, 0.3) is 11.1 Å². The minimum absolute atomic E-state index is 0.0534. The summed E-state index contributed by atoms with van der Waals surface area (Å²) < 4.78 is 5.75.